The van der Waals surface area contributed by atoms with E-state index in [-0.39, 0.29) is 0 Å². The van der Waals surface area contributed by atoms with Crippen molar-refractivity contribution in [2.45, 2.75) is 19.8 Å². The minimum atomic E-state index is 0.800. The van der Waals surface area contributed by atoms with Crippen LogP contribution in [-0.2, 0) is 0 Å². The molecule has 2 aromatic rings. The van der Waals surface area contributed by atoms with Gasteiger partial charge in [-0.15, -0.1) is 11.3 Å². The van der Waals surface area contributed by atoms with E-state index in [0.717, 1.165) is 35.0 Å². The third-order valence-electron chi connectivity index (χ3n) is 3.53. The number of anilines is 1. The van der Waals surface area contributed by atoms with Crippen molar-refractivity contribution in [2.24, 2.45) is 5.92 Å². The Bertz CT molecular complexity index is 554. The van der Waals surface area contributed by atoms with E-state index in [1.165, 1.54) is 23.1 Å². The Morgan fingerprint density at radius 1 is 1.50 bits per heavy atom. The van der Waals surface area contributed by atoms with Crippen LogP contribution in [0.3, 0.4) is 0 Å². The van der Waals surface area contributed by atoms with Crippen LogP contribution in [0.4, 0.5) is 5.82 Å². The highest BCUT2D eigenvalue weighted by molar-refractivity contribution is 9.09. The zero-order chi connectivity index (χ0) is 12.5. The molecule has 1 aliphatic heterocycles. The number of rotatable bonds is 3. The van der Waals surface area contributed by atoms with Crippen molar-refractivity contribution in [3.63, 3.8) is 0 Å². The van der Waals surface area contributed by atoms with Gasteiger partial charge in [-0.3, -0.25) is 0 Å². The Kier molecular flexibility index (Phi) is 3.52. The number of hydrogen-bond acceptors (Lipinski definition) is 4. The predicted octanol–water partition coefficient (Wildman–Crippen LogP) is 3.61. The van der Waals surface area contributed by atoms with Crippen molar-refractivity contribution < 1.29 is 0 Å². The maximum absolute atomic E-state index is 4.51. The molecule has 3 rings (SSSR count). The second-order valence-corrected chi connectivity index (χ2v) is 6.88. The van der Waals surface area contributed by atoms with Crippen LogP contribution in [0.25, 0.3) is 10.2 Å². The molecule has 1 saturated heterocycles. The lowest BCUT2D eigenvalue weighted by molar-refractivity contribution is 0.575. The van der Waals surface area contributed by atoms with Gasteiger partial charge >= 0.3 is 0 Å². The van der Waals surface area contributed by atoms with Crippen LogP contribution in [0.5, 0.6) is 0 Å². The Balaban J connectivity index is 1.90. The fourth-order valence-electron chi connectivity index (χ4n) is 2.63. The highest BCUT2D eigenvalue weighted by Crippen LogP contribution is 2.33. The number of thiophene rings is 1. The number of nitrogens with zero attached hydrogens (tertiary/aromatic N) is 3. The van der Waals surface area contributed by atoms with Crippen molar-refractivity contribution in [1.82, 2.24) is 9.97 Å². The molecule has 1 atom stereocenters. The fraction of sp³-hybridized carbons (Fsp3) is 0.538. The van der Waals surface area contributed by atoms with Crippen molar-refractivity contribution >= 4 is 43.3 Å². The highest BCUT2D eigenvalue weighted by Gasteiger charge is 2.24. The molecule has 18 heavy (non-hydrogen) atoms. The van der Waals surface area contributed by atoms with Crippen LogP contribution in [-0.4, -0.2) is 28.4 Å². The molecular formula is C13H16BrN3S. The van der Waals surface area contributed by atoms with Gasteiger partial charge in [-0.1, -0.05) is 15.9 Å². The van der Waals surface area contributed by atoms with E-state index in [0.29, 0.717) is 0 Å². The third kappa shape index (κ3) is 2.26. The first kappa shape index (κ1) is 12.4. The first-order chi connectivity index (χ1) is 8.78. The Labute approximate surface area is 119 Å². The van der Waals surface area contributed by atoms with Gasteiger partial charge in [-0.2, -0.15) is 0 Å². The highest BCUT2D eigenvalue weighted by atomic mass is 79.9. The topological polar surface area (TPSA) is 29.0 Å². The van der Waals surface area contributed by atoms with Gasteiger partial charge in [-0.05, 0) is 31.7 Å². The molecule has 0 bridgehead atoms. The standard InChI is InChI=1S/C13H16BrN3S/c1-9-6-11-12(15-8-16-13(11)18-9)17-5-3-10(7-17)2-4-14/h6,8,10H,2-5,7H2,1H3. The van der Waals surface area contributed by atoms with Gasteiger partial charge in [0, 0.05) is 23.3 Å². The minimum absolute atomic E-state index is 0.800. The van der Waals surface area contributed by atoms with Gasteiger partial charge in [0.15, 0.2) is 0 Å². The Morgan fingerprint density at radius 3 is 3.22 bits per heavy atom. The normalized spacial score (nSPS) is 19.9. The smallest absolute Gasteiger partial charge is 0.140 e. The Morgan fingerprint density at radius 2 is 2.39 bits per heavy atom. The fourth-order valence-corrected chi connectivity index (χ4v) is 4.12. The van der Waals surface area contributed by atoms with Gasteiger partial charge < -0.3 is 4.90 Å². The number of aryl methyl sites for hydroxylation is 1. The molecule has 3 heterocycles. The molecule has 1 unspecified atom stereocenters. The Hall–Kier alpha value is -0.680. The first-order valence-electron chi connectivity index (χ1n) is 6.30. The number of aromatic nitrogens is 2. The maximum Gasteiger partial charge on any atom is 0.140 e. The largest absolute Gasteiger partial charge is 0.356 e. The molecule has 5 heteroatoms. The van der Waals surface area contributed by atoms with E-state index >= 15 is 0 Å². The number of alkyl halides is 1. The molecule has 0 radical (unpaired) electrons. The van der Waals surface area contributed by atoms with Crippen molar-refractivity contribution in [1.29, 1.82) is 0 Å². The summed E-state index contributed by atoms with van der Waals surface area (Å²) in [6, 6.07) is 2.22. The number of halogens is 1. The first-order valence-corrected chi connectivity index (χ1v) is 8.24. The van der Waals surface area contributed by atoms with E-state index in [1.54, 1.807) is 17.7 Å². The van der Waals surface area contributed by atoms with E-state index in [2.05, 4.69) is 43.8 Å². The molecule has 1 aliphatic rings. The molecule has 0 aliphatic carbocycles. The second-order valence-electron chi connectivity index (χ2n) is 4.85. The van der Waals surface area contributed by atoms with Gasteiger partial charge in [0.2, 0.25) is 0 Å². The lowest BCUT2D eigenvalue weighted by Gasteiger charge is -2.17. The predicted molar refractivity (Wildman–Crippen MR) is 80.9 cm³/mol. The monoisotopic (exact) mass is 325 g/mol. The maximum atomic E-state index is 4.51. The van der Waals surface area contributed by atoms with Gasteiger partial charge in [-0.25, -0.2) is 9.97 Å². The molecule has 0 saturated carbocycles. The zero-order valence-electron chi connectivity index (χ0n) is 10.4. The molecule has 3 nitrogen and oxygen atoms in total. The van der Waals surface area contributed by atoms with Crippen LogP contribution in [0, 0.1) is 12.8 Å². The summed E-state index contributed by atoms with van der Waals surface area (Å²) in [4.78, 5) is 13.7. The summed E-state index contributed by atoms with van der Waals surface area (Å²) >= 11 is 5.29. The van der Waals surface area contributed by atoms with E-state index < -0.39 is 0 Å². The zero-order valence-corrected chi connectivity index (χ0v) is 12.8. The van der Waals surface area contributed by atoms with Gasteiger partial charge in [0.25, 0.3) is 0 Å². The third-order valence-corrected chi connectivity index (χ3v) is 4.95. The minimum Gasteiger partial charge on any atom is -0.356 e. The average molecular weight is 326 g/mol. The molecule has 0 amide bonds. The summed E-state index contributed by atoms with van der Waals surface area (Å²) in [7, 11) is 0. The summed E-state index contributed by atoms with van der Waals surface area (Å²) in [6.45, 7) is 4.39. The van der Waals surface area contributed by atoms with E-state index in [1.807, 2.05) is 0 Å². The molecule has 2 aromatic heterocycles. The molecule has 96 valence electrons. The van der Waals surface area contributed by atoms with Gasteiger partial charge in [0.1, 0.15) is 17.0 Å². The summed E-state index contributed by atoms with van der Waals surface area (Å²) in [6.07, 6.45) is 4.24. The summed E-state index contributed by atoms with van der Waals surface area (Å²) in [5.41, 5.74) is 0. The van der Waals surface area contributed by atoms with Crippen LogP contribution in [0.15, 0.2) is 12.4 Å². The SMILES string of the molecule is Cc1cc2c(N3CCC(CCBr)C3)ncnc2s1. The lowest BCUT2D eigenvalue weighted by Crippen LogP contribution is -2.21. The molecular weight excluding hydrogens is 310 g/mol. The number of hydrogen-bond donors (Lipinski definition) is 0. The summed E-state index contributed by atoms with van der Waals surface area (Å²) < 4.78 is 0. The van der Waals surface area contributed by atoms with E-state index in [9.17, 15) is 0 Å². The molecule has 0 aromatic carbocycles. The number of fused-ring (bicyclic) bond motifs is 1. The average Bonchev–Trinajstić information content (AvgIpc) is 2.94. The van der Waals surface area contributed by atoms with Crippen LogP contribution in [0.1, 0.15) is 17.7 Å². The van der Waals surface area contributed by atoms with E-state index in [4.69, 9.17) is 0 Å². The van der Waals surface area contributed by atoms with Crippen molar-refractivity contribution in [3.05, 3.63) is 17.3 Å². The lowest BCUT2D eigenvalue weighted by atomic mass is 10.1. The second kappa shape index (κ2) is 5.13. The molecule has 0 spiro atoms. The van der Waals surface area contributed by atoms with Crippen LogP contribution in [0.2, 0.25) is 0 Å². The molecule has 1 fully saturated rings. The summed E-state index contributed by atoms with van der Waals surface area (Å²) in [5, 5.41) is 2.32. The van der Waals surface area contributed by atoms with Gasteiger partial charge in [0.05, 0.1) is 5.39 Å². The molecule has 0 N–H and O–H groups in total. The van der Waals surface area contributed by atoms with Crippen molar-refractivity contribution in [3.8, 4) is 0 Å². The van der Waals surface area contributed by atoms with Crippen LogP contribution >= 0.6 is 27.3 Å². The van der Waals surface area contributed by atoms with Crippen molar-refractivity contribution in [2.75, 3.05) is 23.3 Å². The summed E-state index contributed by atoms with van der Waals surface area (Å²) in [5.74, 6) is 1.93. The quantitative estimate of drug-likeness (QED) is 0.807. The van der Waals surface area contributed by atoms with Crippen LogP contribution < -0.4 is 4.90 Å².